The molecule has 0 aliphatic rings. The summed E-state index contributed by atoms with van der Waals surface area (Å²) in [5.74, 6) is -3.46. The molecule has 0 spiro atoms. The molecule has 2 rings (SSSR count). The molecule has 0 saturated heterocycles. The van der Waals surface area contributed by atoms with Crippen LogP contribution in [0.25, 0.3) is 0 Å². The zero-order valence-electron chi connectivity index (χ0n) is 9.98. The molecule has 0 atom stereocenters. The lowest BCUT2D eigenvalue weighted by molar-refractivity contribution is 0.0692. The van der Waals surface area contributed by atoms with Gasteiger partial charge in [0.1, 0.15) is 22.6 Å². The Kier molecular flexibility index (Phi) is 3.96. The van der Waals surface area contributed by atoms with Crippen LogP contribution >= 0.6 is 11.3 Å². The number of aromatic carboxylic acids is 1. The van der Waals surface area contributed by atoms with Gasteiger partial charge in [-0.15, -0.1) is 11.3 Å². The fourth-order valence-electron chi connectivity index (χ4n) is 1.56. The normalized spacial score (nSPS) is 10.1. The van der Waals surface area contributed by atoms with E-state index in [9.17, 15) is 13.6 Å². The monoisotopic (exact) mass is 294 g/mol. The van der Waals surface area contributed by atoms with Crippen molar-refractivity contribution < 1.29 is 18.7 Å². The molecule has 0 saturated carbocycles. The second-order valence-electron chi connectivity index (χ2n) is 3.85. The van der Waals surface area contributed by atoms with Crippen molar-refractivity contribution in [1.29, 1.82) is 5.26 Å². The Morgan fingerprint density at radius 3 is 2.70 bits per heavy atom. The van der Waals surface area contributed by atoms with E-state index in [1.807, 2.05) is 6.07 Å². The van der Waals surface area contributed by atoms with Crippen LogP contribution in [0.3, 0.4) is 0 Å². The van der Waals surface area contributed by atoms with Gasteiger partial charge in [0.2, 0.25) is 0 Å². The van der Waals surface area contributed by atoms with Crippen molar-refractivity contribution in [2.45, 2.75) is 6.54 Å². The topological polar surface area (TPSA) is 73.1 Å². The minimum Gasteiger partial charge on any atom is -0.478 e. The highest BCUT2D eigenvalue weighted by atomic mass is 32.1. The van der Waals surface area contributed by atoms with Crippen LogP contribution < -0.4 is 5.32 Å². The lowest BCUT2D eigenvalue weighted by Gasteiger charge is -2.08. The number of carboxylic acid groups (broad SMARTS) is 1. The van der Waals surface area contributed by atoms with Gasteiger partial charge in [0.25, 0.3) is 0 Å². The van der Waals surface area contributed by atoms with Gasteiger partial charge in [0, 0.05) is 17.5 Å². The average Bonchev–Trinajstić information content (AvgIpc) is 2.85. The van der Waals surface area contributed by atoms with E-state index >= 15 is 0 Å². The van der Waals surface area contributed by atoms with Gasteiger partial charge in [0.05, 0.1) is 11.3 Å². The Morgan fingerprint density at radius 2 is 2.10 bits per heavy atom. The first-order valence-electron chi connectivity index (χ1n) is 5.46. The third-order valence-electron chi connectivity index (χ3n) is 2.51. The summed E-state index contributed by atoms with van der Waals surface area (Å²) < 4.78 is 26.7. The summed E-state index contributed by atoms with van der Waals surface area (Å²) in [5.41, 5.74) is -0.700. The van der Waals surface area contributed by atoms with Gasteiger partial charge in [-0.1, -0.05) is 0 Å². The lowest BCUT2D eigenvalue weighted by atomic mass is 10.2. The van der Waals surface area contributed by atoms with Crippen LogP contribution in [0.15, 0.2) is 24.3 Å². The zero-order chi connectivity index (χ0) is 14.7. The van der Waals surface area contributed by atoms with Crippen LogP contribution in [-0.2, 0) is 6.54 Å². The summed E-state index contributed by atoms with van der Waals surface area (Å²) >= 11 is 1.24. The molecule has 0 radical (unpaired) electrons. The highest BCUT2D eigenvalue weighted by molar-refractivity contribution is 7.12. The van der Waals surface area contributed by atoms with E-state index in [0.29, 0.717) is 10.9 Å². The molecule has 1 aromatic heterocycles. The Balaban J connectivity index is 2.19. The number of rotatable bonds is 4. The number of carbonyl (C=O) groups is 1. The first kappa shape index (κ1) is 14.0. The number of halogens is 2. The summed E-state index contributed by atoms with van der Waals surface area (Å²) in [7, 11) is 0. The largest absolute Gasteiger partial charge is 0.478 e. The van der Waals surface area contributed by atoms with Crippen molar-refractivity contribution in [2.75, 3.05) is 5.32 Å². The van der Waals surface area contributed by atoms with E-state index in [2.05, 4.69) is 5.32 Å². The molecule has 0 fully saturated rings. The number of anilines is 1. The average molecular weight is 294 g/mol. The molecular formula is C13H8F2N2O2S. The zero-order valence-corrected chi connectivity index (χ0v) is 10.8. The van der Waals surface area contributed by atoms with Crippen molar-refractivity contribution >= 4 is 23.0 Å². The van der Waals surface area contributed by atoms with E-state index in [0.717, 1.165) is 10.9 Å². The number of nitriles is 1. The van der Waals surface area contributed by atoms with Crippen LogP contribution in [0.2, 0.25) is 0 Å². The minimum atomic E-state index is -1.46. The van der Waals surface area contributed by atoms with E-state index in [4.69, 9.17) is 10.4 Å². The van der Waals surface area contributed by atoms with Crippen LogP contribution in [0.4, 0.5) is 14.5 Å². The maximum Gasteiger partial charge on any atom is 0.338 e. The molecule has 7 heteroatoms. The van der Waals surface area contributed by atoms with Crippen molar-refractivity contribution in [3.8, 4) is 6.07 Å². The molecule has 0 aliphatic heterocycles. The van der Waals surface area contributed by atoms with E-state index in [1.165, 1.54) is 11.3 Å². The standard InChI is InChI=1S/C13H8F2N2O2S/c14-10-4-11(15)12(3-9(10)13(18)19)17-6-8-2-1-7(5-16)20-8/h1-4,17H,6H2,(H,18,19). The van der Waals surface area contributed by atoms with Crippen molar-refractivity contribution in [2.24, 2.45) is 0 Å². The summed E-state index contributed by atoms with van der Waals surface area (Å²) in [5, 5.41) is 20.1. The quantitative estimate of drug-likeness (QED) is 0.908. The first-order valence-corrected chi connectivity index (χ1v) is 6.28. The molecule has 1 aromatic carbocycles. The smallest absolute Gasteiger partial charge is 0.338 e. The molecule has 0 amide bonds. The molecule has 20 heavy (non-hydrogen) atoms. The molecule has 0 unspecified atom stereocenters. The molecule has 2 N–H and O–H groups in total. The second-order valence-corrected chi connectivity index (χ2v) is 5.02. The number of hydrogen-bond acceptors (Lipinski definition) is 4. The number of thiophene rings is 1. The number of carboxylic acids is 1. The number of benzene rings is 1. The Labute approximate surface area is 116 Å². The van der Waals surface area contributed by atoms with Gasteiger partial charge >= 0.3 is 5.97 Å². The van der Waals surface area contributed by atoms with Crippen LogP contribution in [-0.4, -0.2) is 11.1 Å². The summed E-state index contributed by atoms with van der Waals surface area (Å²) in [6.45, 7) is 0.216. The van der Waals surface area contributed by atoms with Crippen molar-refractivity contribution in [3.05, 3.63) is 51.2 Å². The van der Waals surface area contributed by atoms with Gasteiger partial charge in [-0.2, -0.15) is 5.26 Å². The van der Waals surface area contributed by atoms with E-state index in [1.54, 1.807) is 12.1 Å². The highest BCUT2D eigenvalue weighted by Gasteiger charge is 2.15. The molecule has 102 valence electrons. The first-order chi connectivity index (χ1) is 9.51. The summed E-state index contributed by atoms with van der Waals surface area (Å²) in [4.78, 5) is 12.1. The summed E-state index contributed by atoms with van der Waals surface area (Å²) in [6.07, 6.45) is 0. The van der Waals surface area contributed by atoms with Crippen molar-refractivity contribution in [1.82, 2.24) is 0 Å². The maximum absolute atomic E-state index is 13.5. The second kappa shape index (κ2) is 5.67. The SMILES string of the molecule is N#Cc1ccc(CNc2cc(C(=O)O)c(F)cc2F)s1. The number of nitrogens with one attached hydrogen (secondary N) is 1. The molecular weight excluding hydrogens is 286 g/mol. The Bertz CT molecular complexity index is 707. The third-order valence-corrected chi connectivity index (χ3v) is 3.50. The van der Waals surface area contributed by atoms with Gasteiger partial charge < -0.3 is 10.4 Å². The molecule has 1 heterocycles. The van der Waals surface area contributed by atoms with Crippen LogP contribution in [0.1, 0.15) is 20.1 Å². The van der Waals surface area contributed by atoms with Crippen molar-refractivity contribution in [3.63, 3.8) is 0 Å². The lowest BCUT2D eigenvalue weighted by Crippen LogP contribution is -2.06. The predicted octanol–water partition coefficient (Wildman–Crippen LogP) is 3.21. The fourth-order valence-corrected chi connectivity index (χ4v) is 2.31. The molecule has 0 bridgehead atoms. The number of nitrogens with zero attached hydrogens (tertiary/aromatic N) is 1. The summed E-state index contributed by atoms with van der Waals surface area (Å²) in [6, 6.07) is 6.75. The fraction of sp³-hybridized carbons (Fsp3) is 0.0769. The molecule has 2 aromatic rings. The van der Waals surface area contributed by atoms with Gasteiger partial charge in [-0.25, -0.2) is 13.6 Å². The molecule has 4 nitrogen and oxygen atoms in total. The van der Waals surface area contributed by atoms with E-state index in [-0.39, 0.29) is 12.2 Å². The van der Waals surface area contributed by atoms with Crippen LogP contribution in [0.5, 0.6) is 0 Å². The third kappa shape index (κ3) is 2.92. The van der Waals surface area contributed by atoms with E-state index < -0.39 is 23.2 Å². The highest BCUT2D eigenvalue weighted by Crippen LogP contribution is 2.22. The maximum atomic E-state index is 13.5. The van der Waals surface area contributed by atoms with Gasteiger partial charge in [-0.05, 0) is 18.2 Å². The Hall–Kier alpha value is -2.46. The van der Waals surface area contributed by atoms with Crippen LogP contribution in [0, 0.1) is 23.0 Å². The van der Waals surface area contributed by atoms with Gasteiger partial charge in [0.15, 0.2) is 0 Å². The Morgan fingerprint density at radius 1 is 1.35 bits per heavy atom. The predicted molar refractivity (Wildman–Crippen MR) is 69.7 cm³/mol. The molecule has 0 aliphatic carbocycles. The minimum absolute atomic E-state index is 0.101. The van der Waals surface area contributed by atoms with Gasteiger partial charge in [-0.3, -0.25) is 0 Å². The number of hydrogen-bond donors (Lipinski definition) is 2.